The third-order valence-corrected chi connectivity index (χ3v) is 5.83. The quantitative estimate of drug-likeness (QED) is 0.322. The van der Waals surface area contributed by atoms with Crippen molar-refractivity contribution in [2.45, 2.75) is 13.5 Å². The van der Waals surface area contributed by atoms with Crippen molar-refractivity contribution in [3.05, 3.63) is 105 Å². The number of aliphatic imine (C=N–C) groups is 1. The fourth-order valence-electron chi connectivity index (χ4n) is 3.15. The number of thioether (sulfide) groups is 1. The maximum atomic E-state index is 13.2. The molecule has 1 fully saturated rings. The Morgan fingerprint density at radius 2 is 1.81 bits per heavy atom. The molecule has 1 N–H and O–H groups in total. The first-order chi connectivity index (χ1) is 15.4. The lowest BCUT2D eigenvalue weighted by molar-refractivity contribution is -0.385. The Balaban J connectivity index is 1.71. The summed E-state index contributed by atoms with van der Waals surface area (Å²) in [5.74, 6) is -0.657. The second-order valence-electron chi connectivity index (χ2n) is 7.22. The minimum atomic E-state index is -0.660. The van der Waals surface area contributed by atoms with Gasteiger partial charge in [0, 0.05) is 6.07 Å². The number of hydrogen-bond acceptors (Lipinski definition) is 6. The summed E-state index contributed by atoms with van der Waals surface area (Å²) < 4.78 is 0. The minimum absolute atomic E-state index is 0.236. The van der Waals surface area contributed by atoms with Crippen LogP contribution in [0.2, 0.25) is 0 Å². The van der Waals surface area contributed by atoms with Crippen LogP contribution in [0.5, 0.6) is 5.75 Å². The van der Waals surface area contributed by atoms with Crippen molar-refractivity contribution in [1.29, 1.82) is 0 Å². The van der Waals surface area contributed by atoms with Crippen molar-refractivity contribution in [3.63, 3.8) is 0 Å². The van der Waals surface area contributed by atoms with Gasteiger partial charge in [0.15, 0.2) is 10.9 Å². The Hall–Kier alpha value is -3.91. The second-order valence-corrected chi connectivity index (χ2v) is 8.23. The lowest BCUT2D eigenvalue weighted by Crippen LogP contribution is -2.28. The largest absolute Gasteiger partial charge is 0.502 e. The monoisotopic (exact) mass is 445 g/mol. The molecule has 3 aromatic carbocycles. The molecular formula is C24H19N3O4S. The normalized spacial score (nSPS) is 16.2. The number of phenols is 1. The van der Waals surface area contributed by atoms with Crippen LogP contribution >= 0.6 is 11.8 Å². The number of aromatic hydroxyl groups is 1. The zero-order valence-corrected chi connectivity index (χ0v) is 18.0. The first-order valence-electron chi connectivity index (χ1n) is 9.79. The van der Waals surface area contributed by atoms with Gasteiger partial charge >= 0.3 is 5.69 Å². The third-order valence-electron chi connectivity index (χ3n) is 4.82. The second kappa shape index (κ2) is 9.07. The fourth-order valence-corrected chi connectivity index (χ4v) is 4.15. The van der Waals surface area contributed by atoms with Gasteiger partial charge in [0.05, 0.1) is 22.1 Å². The van der Waals surface area contributed by atoms with Gasteiger partial charge in [-0.3, -0.25) is 19.8 Å². The van der Waals surface area contributed by atoms with Gasteiger partial charge in [-0.1, -0.05) is 54.1 Å². The highest BCUT2D eigenvalue weighted by atomic mass is 32.2. The highest BCUT2D eigenvalue weighted by Gasteiger charge is 2.33. The molecule has 4 rings (SSSR count). The van der Waals surface area contributed by atoms with Gasteiger partial charge in [0.2, 0.25) is 0 Å². The molecule has 0 aliphatic carbocycles. The van der Waals surface area contributed by atoms with E-state index in [4.69, 9.17) is 0 Å². The van der Waals surface area contributed by atoms with E-state index in [1.54, 1.807) is 11.0 Å². The molecule has 32 heavy (non-hydrogen) atoms. The maximum absolute atomic E-state index is 13.2. The standard InChI is InChI=1S/C24H19N3O4S/c1-16-7-10-19(11-8-16)25-24-26(15-17-5-3-2-4-6-17)23(29)22(32-24)14-18-9-12-21(28)20(13-18)27(30)31/h2-14,28H,15H2,1H3/b22-14+,25-24?. The van der Waals surface area contributed by atoms with E-state index in [-0.39, 0.29) is 5.91 Å². The number of aryl methyl sites for hydroxylation is 1. The van der Waals surface area contributed by atoms with Crippen molar-refractivity contribution in [2.75, 3.05) is 0 Å². The number of nitrogens with zero attached hydrogens (tertiary/aromatic N) is 3. The fraction of sp³-hybridized carbons (Fsp3) is 0.0833. The topological polar surface area (TPSA) is 96.0 Å². The number of carbonyl (C=O) groups excluding carboxylic acids is 1. The van der Waals surface area contributed by atoms with Crippen LogP contribution in [0.15, 0.2) is 82.7 Å². The molecule has 7 nitrogen and oxygen atoms in total. The van der Waals surface area contributed by atoms with E-state index in [9.17, 15) is 20.0 Å². The molecule has 1 aliphatic rings. The molecule has 0 atom stereocenters. The van der Waals surface area contributed by atoms with Crippen LogP contribution < -0.4 is 0 Å². The predicted molar refractivity (Wildman–Crippen MR) is 126 cm³/mol. The van der Waals surface area contributed by atoms with Crippen LogP contribution in [-0.4, -0.2) is 26.0 Å². The average Bonchev–Trinajstić information content (AvgIpc) is 3.06. The molecule has 0 spiro atoms. The number of rotatable bonds is 5. The molecule has 8 heteroatoms. The number of carbonyl (C=O) groups is 1. The summed E-state index contributed by atoms with van der Waals surface area (Å²) in [7, 11) is 0. The van der Waals surface area contributed by atoms with E-state index >= 15 is 0 Å². The predicted octanol–water partition coefficient (Wildman–Crippen LogP) is 5.41. The highest BCUT2D eigenvalue weighted by molar-refractivity contribution is 8.18. The Bertz CT molecular complexity index is 1240. The van der Waals surface area contributed by atoms with Gasteiger partial charge in [-0.05, 0) is 54.1 Å². The summed E-state index contributed by atoms with van der Waals surface area (Å²) in [5, 5.41) is 21.4. The average molecular weight is 446 g/mol. The van der Waals surface area contributed by atoms with Gasteiger partial charge < -0.3 is 5.11 Å². The van der Waals surface area contributed by atoms with E-state index in [0.717, 1.165) is 16.8 Å². The van der Waals surface area contributed by atoms with Crippen LogP contribution in [-0.2, 0) is 11.3 Å². The summed E-state index contributed by atoms with van der Waals surface area (Å²) in [6.45, 7) is 2.34. The molecule has 1 amide bonds. The van der Waals surface area contributed by atoms with E-state index in [1.807, 2.05) is 61.5 Å². The molecule has 0 bridgehead atoms. The maximum Gasteiger partial charge on any atom is 0.311 e. The van der Waals surface area contributed by atoms with Crippen molar-refractivity contribution >= 4 is 40.3 Å². The summed E-state index contributed by atoms with van der Waals surface area (Å²) in [4.78, 5) is 30.4. The smallest absolute Gasteiger partial charge is 0.311 e. The lowest BCUT2D eigenvalue weighted by Gasteiger charge is -2.15. The van der Waals surface area contributed by atoms with E-state index in [0.29, 0.717) is 22.2 Å². The molecule has 160 valence electrons. The van der Waals surface area contributed by atoms with Gasteiger partial charge in [-0.15, -0.1) is 0 Å². The SMILES string of the molecule is Cc1ccc(N=C2S/C(=C/c3ccc(O)c([N+](=O)[O-])c3)C(=O)N2Cc2ccccc2)cc1. The first kappa shape index (κ1) is 21.3. The van der Waals surface area contributed by atoms with Gasteiger partial charge in [0.25, 0.3) is 5.91 Å². The zero-order valence-electron chi connectivity index (χ0n) is 17.1. The Morgan fingerprint density at radius 1 is 1.09 bits per heavy atom. The molecule has 0 radical (unpaired) electrons. The van der Waals surface area contributed by atoms with Gasteiger partial charge in [0.1, 0.15) is 0 Å². The number of hydrogen-bond donors (Lipinski definition) is 1. The van der Waals surface area contributed by atoms with Crippen LogP contribution in [0.3, 0.4) is 0 Å². The molecule has 3 aromatic rings. The van der Waals surface area contributed by atoms with E-state index < -0.39 is 16.4 Å². The van der Waals surface area contributed by atoms with Crippen LogP contribution in [0.25, 0.3) is 6.08 Å². The Kier molecular flexibility index (Phi) is 6.04. The summed E-state index contributed by atoms with van der Waals surface area (Å²) in [5.41, 5.74) is 2.83. The van der Waals surface area contributed by atoms with Crippen molar-refractivity contribution < 1.29 is 14.8 Å². The zero-order chi connectivity index (χ0) is 22.7. The first-order valence-corrected chi connectivity index (χ1v) is 10.6. The van der Waals surface area contributed by atoms with Gasteiger partial charge in [-0.2, -0.15) is 0 Å². The number of nitro benzene ring substituents is 1. The van der Waals surface area contributed by atoms with Crippen molar-refractivity contribution in [1.82, 2.24) is 4.90 Å². The lowest BCUT2D eigenvalue weighted by atomic mass is 10.1. The Labute approximate surface area is 188 Å². The number of nitro groups is 1. The number of amidine groups is 1. The molecule has 1 aliphatic heterocycles. The van der Waals surface area contributed by atoms with Crippen molar-refractivity contribution in [2.24, 2.45) is 4.99 Å². The van der Waals surface area contributed by atoms with E-state index in [2.05, 4.69) is 4.99 Å². The van der Waals surface area contributed by atoms with Crippen molar-refractivity contribution in [3.8, 4) is 5.75 Å². The van der Waals surface area contributed by atoms with E-state index in [1.165, 1.54) is 30.0 Å². The van der Waals surface area contributed by atoms with Crippen LogP contribution in [0.1, 0.15) is 16.7 Å². The third kappa shape index (κ3) is 4.70. The molecular weight excluding hydrogens is 426 g/mol. The van der Waals surface area contributed by atoms with Gasteiger partial charge in [-0.25, -0.2) is 4.99 Å². The molecule has 1 saturated heterocycles. The molecule has 1 heterocycles. The van der Waals surface area contributed by atoms with Crippen LogP contribution in [0.4, 0.5) is 11.4 Å². The molecule has 0 unspecified atom stereocenters. The minimum Gasteiger partial charge on any atom is -0.502 e. The number of amides is 1. The highest BCUT2D eigenvalue weighted by Crippen LogP contribution is 2.36. The van der Waals surface area contributed by atoms with Crippen LogP contribution in [0, 0.1) is 17.0 Å². The summed E-state index contributed by atoms with van der Waals surface area (Å²) >= 11 is 1.21. The summed E-state index contributed by atoms with van der Waals surface area (Å²) in [6.07, 6.45) is 1.58. The summed E-state index contributed by atoms with van der Waals surface area (Å²) in [6, 6.07) is 21.3. The number of phenolic OH excluding ortho intramolecular Hbond substituents is 1. The number of benzene rings is 3. The molecule has 0 saturated carbocycles. The molecule has 0 aromatic heterocycles. The Morgan fingerprint density at radius 3 is 2.50 bits per heavy atom.